The predicted molar refractivity (Wildman–Crippen MR) is 163 cm³/mol. The number of rotatable bonds is 11. The molecule has 3 aliphatic rings. The molecule has 2 saturated heterocycles. The maximum atomic E-state index is 12.4. The molecule has 2 aromatic rings. The highest BCUT2D eigenvalue weighted by Gasteiger charge is 2.30. The van der Waals surface area contributed by atoms with Gasteiger partial charge in [-0.25, -0.2) is 14.8 Å². The third-order valence-corrected chi connectivity index (χ3v) is 8.59. The van der Waals surface area contributed by atoms with Crippen LogP contribution in [-0.2, 0) is 22.4 Å². The highest BCUT2D eigenvalue weighted by atomic mass is 16.5. The van der Waals surface area contributed by atoms with E-state index in [0.29, 0.717) is 31.8 Å². The number of hydrogen-bond donors (Lipinski definition) is 2. The van der Waals surface area contributed by atoms with Crippen molar-refractivity contribution >= 4 is 17.5 Å². The summed E-state index contributed by atoms with van der Waals surface area (Å²) in [5.74, 6) is 2.49. The summed E-state index contributed by atoms with van der Waals surface area (Å²) in [4.78, 5) is 27.6. The van der Waals surface area contributed by atoms with Crippen LogP contribution in [-0.4, -0.2) is 79.0 Å². The maximum Gasteiger partial charge on any atom is 0.319 e. The van der Waals surface area contributed by atoms with Crippen molar-refractivity contribution in [3.05, 3.63) is 35.5 Å². The van der Waals surface area contributed by atoms with Crippen molar-refractivity contribution in [2.24, 2.45) is 5.92 Å². The van der Waals surface area contributed by atoms with Crippen molar-refractivity contribution < 1.29 is 14.3 Å². The van der Waals surface area contributed by atoms with Crippen LogP contribution in [0.5, 0.6) is 0 Å². The molecule has 3 unspecified atom stereocenters. The minimum absolute atomic E-state index is 0.166. The third kappa shape index (κ3) is 7.96. The van der Waals surface area contributed by atoms with E-state index < -0.39 is 0 Å². The number of anilines is 2. The zero-order valence-corrected chi connectivity index (χ0v) is 25.2. The normalized spacial score (nSPS) is 21.9. The summed E-state index contributed by atoms with van der Waals surface area (Å²) in [5, 5.41) is 5.94. The molecule has 3 aliphatic heterocycles. The molecule has 9 heteroatoms. The van der Waals surface area contributed by atoms with Crippen LogP contribution in [0, 0.1) is 5.92 Å². The number of aromatic nitrogens is 2. The van der Waals surface area contributed by atoms with E-state index in [-0.39, 0.29) is 12.1 Å². The van der Waals surface area contributed by atoms with Gasteiger partial charge in [-0.15, -0.1) is 0 Å². The van der Waals surface area contributed by atoms with Crippen LogP contribution in [0.2, 0.25) is 0 Å². The van der Waals surface area contributed by atoms with Crippen molar-refractivity contribution in [3.63, 3.8) is 0 Å². The Morgan fingerprint density at radius 3 is 2.76 bits per heavy atom. The van der Waals surface area contributed by atoms with Gasteiger partial charge in [0.05, 0.1) is 31.1 Å². The van der Waals surface area contributed by atoms with Gasteiger partial charge >= 0.3 is 6.03 Å². The van der Waals surface area contributed by atoms with Gasteiger partial charge in [-0.2, -0.15) is 0 Å². The molecule has 0 spiro atoms. The van der Waals surface area contributed by atoms with Crippen LogP contribution in [0.4, 0.5) is 16.3 Å². The van der Waals surface area contributed by atoms with Gasteiger partial charge in [0.15, 0.2) is 5.82 Å². The fraction of sp³-hybridized carbons (Fsp3) is 0.656. The summed E-state index contributed by atoms with van der Waals surface area (Å²) in [7, 11) is 0. The molecule has 0 radical (unpaired) electrons. The van der Waals surface area contributed by atoms with Gasteiger partial charge in [-0.3, -0.25) is 4.90 Å². The Bertz CT molecular complexity index is 1140. The second kappa shape index (κ2) is 14.4. The molecule has 1 aromatic carbocycles. The molecule has 0 aliphatic carbocycles. The first-order valence-corrected chi connectivity index (χ1v) is 15.7. The molecule has 0 saturated carbocycles. The lowest BCUT2D eigenvalue weighted by molar-refractivity contribution is 0.0681. The second-order valence-electron chi connectivity index (χ2n) is 12.0. The van der Waals surface area contributed by atoms with E-state index in [4.69, 9.17) is 19.4 Å². The molecule has 41 heavy (non-hydrogen) atoms. The Morgan fingerprint density at radius 2 is 2.00 bits per heavy atom. The van der Waals surface area contributed by atoms with Gasteiger partial charge in [0, 0.05) is 56.1 Å². The Labute approximate surface area is 245 Å². The van der Waals surface area contributed by atoms with Crippen molar-refractivity contribution in [1.29, 1.82) is 0 Å². The Hall–Kier alpha value is -2.75. The quantitative estimate of drug-likeness (QED) is 0.361. The van der Waals surface area contributed by atoms with Gasteiger partial charge in [-0.1, -0.05) is 26.7 Å². The average Bonchev–Trinajstić information content (AvgIpc) is 3.49. The molecule has 1 aromatic heterocycles. The SMILES string of the molecule is CCCC(C)CCCNC(=O)Nc1ccc(-c2nc3c(c(N4CCOCC4C)n2)CCN(CC2CCCO2)C3)cc1. The summed E-state index contributed by atoms with van der Waals surface area (Å²) in [5.41, 5.74) is 4.09. The van der Waals surface area contributed by atoms with Crippen molar-refractivity contribution in [2.45, 2.75) is 84.4 Å². The van der Waals surface area contributed by atoms with Crippen molar-refractivity contribution in [1.82, 2.24) is 20.2 Å². The van der Waals surface area contributed by atoms with Crippen LogP contribution in [0.1, 0.15) is 70.6 Å². The third-order valence-electron chi connectivity index (χ3n) is 8.59. The number of amides is 2. The van der Waals surface area contributed by atoms with Crippen LogP contribution in [0.25, 0.3) is 11.4 Å². The molecule has 224 valence electrons. The van der Waals surface area contributed by atoms with Crippen molar-refractivity contribution in [3.8, 4) is 11.4 Å². The molecule has 9 nitrogen and oxygen atoms in total. The van der Waals surface area contributed by atoms with Gasteiger partial charge in [-0.05, 0) is 69.2 Å². The number of urea groups is 1. The standard InChI is InChI=1S/C32H48N6O3/c1-4-7-23(2)8-5-15-33-32(39)34-26-12-10-25(11-13-26)30-35-29-21-37(20-27-9-6-18-41-27)16-14-28(29)31(36-30)38-17-19-40-22-24(38)3/h10-13,23-24,27H,4-9,14-22H2,1-3H3,(H2,33,34,39). The number of nitrogens with zero attached hydrogens (tertiary/aromatic N) is 4. The van der Waals surface area contributed by atoms with Gasteiger partial charge < -0.3 is 25.0 Å². The first kappa shape index (κ1) is 29.7. The maximum absolute atomic E-state index is 12.4. The summed E-state index contributed by atoms with van der Waals surface area (Å²) >= 11 is 0. The minimum atomic E-state index is -0.166. The molecular weight excluding hydrogens is 516 g/mol. The number of benzene rings is 1. The van der Waals surface area contributed by atoms with Gasteiger partial charge in [0.2, 0.25) is 0 Å². The molecular formula is C32H48N6O3. The topological polar surface area (TPSA) is 91.9 Å². The summed E-state index contributed by atoms with van der Waals surface area (Å²) in [6, 6.07) is 7.97. The van der Waals surface area contributed by atoms with E-state index >= 15 is 0 Å². The summed E-state index contributed by atoms with van der Waals surface area (Å²) < 4.78 is 11.7. The zero-order chi connectivity index (χ0) is 28.6. The van der Waals surface area contributed by atoms with E-state index in [1.54, 1.807) is 0 Å². The number of nitrogens with one attached hydrogen (secondary N) is 2. The number of morpholine rings is 1. The van der Waals surface area contributed by atoms with Crippen LogP contribution in [0.15, 0.2) is 24.3 Å². The lowest BCUT2D eigenvalue weighted by atomic mass is 10.0. The van der Waals surface area contributed by atoms with Crippen LogP contribution in [0.3, 0.4) is 0 Å². The van der Waals surface area contributed by atoms with E-state index in [1.807, 2.05) is 24.3 Å². The Morgan fingerprint density at radius 1 is 1.15 bits per heavy atom. The summed E-state index contributed by atoms with van der Waals surface area (Å²) in [6.07, 6.45) is 8.17. The smallest absolute Gasteiger partial charge is 0.319 e. The largest absolute Gasteiger partial charge is 0.377 e. The molecule has 0 bridgehead atoms. The number of hydrogen-bond acceptors (Lipinski definition) is 7. The molecule has 5 rings (SSSR count). The van der Waals surface area contributed by atoms with Gasteiger partial charge in [0.25, 0.3) is 0 Å². The lowest BCUT2D eigenvalue weighted by Gasteiger charge is -2.38. The number of carbonyl (C=O) groups excluding carboxylic acids is 1. The zero-order valence-electron chi connectivity index (χ0n) is 25.2. The van der Waals surface area contributed by atoms with Crippen LogP contribution >= 0.6 is 0 Å². The lowest BCUT2D eigenvalue weighted by Crippen LogP contribution is -2.45. The van der Waals surface area contributed by atoms with E-state index in [9.17, 15) is 4.79 Å². The Balaban J connectivity index is 1.28. The minimum Gasteiger partial charge on any atom is -0.377 e. The summed E-state index contributed by atoms with van der Waals surface area (Å²) in [6.45, 7) is 13.3. The molecule has 2 fully saturated rings. The van der Waals surface area contributed by atoms with E-state index in [0.717, 1.165) is 93.5 Å². The highest BCUT2D eigenvalue weighted by molar-refractivity contribution is 5.89. The number of ether oxygens (including phenoxy) is 2. The Kier molecular flexibility index (Phi) is 10.5. The molecule has 4 heterocycles. The highest BCUT2D eigenvalue weighted by Crippen LogP contribution is 2.32. The number of carbonyl (C=O) groups is 1. The predicted octanol–water partition coefficient (Wildman–Crippen LogP) is 5.24. The second-order valence-corrected chi connectivity index (χ2v) is 12.0. The monoisotopic (exact) mass is 564 g/mol. The van der Waals surface area contributed by atoms with E-state index in [2.05, 4.69) is 41.2 Å². The fourth-order valence-corrected chi connectivity index (χ4v) is 6.27. The number of fused-ring (bicyclic) bond motifs is 1. The van der Waals surface area contributed by atoms with E-state index in [1.165, 1.54) is 18.4 Å². The average molecular weight is 565 g/mol. The first-order valence-electron chi connectivity index (χ1n) is 15.7. The molecule has 3 atom stereocenters. The fourth-order valence-electron chi connectivity index (χ4n) is 6.27. The van der Waals surface area contributed by atoms with Gasteiger partial charge in [0.1, 0.15) is 5.82 Å². The molecule has 2 N–H and O–H groups in total. The molecule has 2 amide bonds. The first-order chi connectivity index (χ1) is 20.0. The van der Waals surface area contributed by atoms with Crippen LogP contribution < -0.4 is 15.5 Å². The van der Waals surface area contributed by atoms with Crippen molar-refractivity contribution in [2.75, 3.05) is 56.2 Å².